The van der Waals surface area contributed by atoms with Gasteiger partial charge >= 0.3 is 5.97 Å². The summed E-state index contributed by atoms with van der Waals surface area (Å²) in [7, 11) is 0. The second-order valence-corrected chi connectivity index (χ2v) is 7.95. The van der Waals surface area contributed by atoms with Crippen molar-refractivity contribution in [1.29, 1.82) is 0 Å². The van der Waals surface area contributed by atoms with Crippen molar-refractivity contribution >= 4 is 51.5 Å². The molecule has 9 heteroatoms. The molecule has 7 nitrogen and oxygen atoms in total. The van der Waals surface area contributed by atoms with Crippen LogP contribution in [0.1, 0.15) is 17.4 Å². The summed E-state index contributed by atoms with van der Waals surface area (Å²) in [4.78, 5) is 38.5. The van der Waals surface area contributed by atoms with Gasteiger partial charge in [-0.3, -0.25) is 9.59 Å². The molecular formula is C24H17Cl2N3O4. The molecule has 1 aromatic heterocycles. The van der Waals surface area contributed by atoms with Crippen LogP contribution < -0.4 is 10.9 Å². The second kappa shape index (κ2) is 9.44. The molecule has 1 unspecified atom stereocenters. The van der Waals surface area contributed by atoms with E-state index < -0.39 is 18.0 Å². The molecule has 0 bridgehead atoms. The molecule has 166 valence electrons. The van der Waals surface area contributed by atoms with E-state index >= 15 is 0 Å². The minimum absolute atomic E-state index is 0.0850. The molecule has 4 rings (SSSR count). The van der Waals surface area contributed by atoms with Crippen LogP contribution in [0.4, 0.5) is 5.69 Å². The highest BCUT2D eigenvalue weighted by atomic mass is 35.5. The van der Waals surface area contributed by atoms with E-state index in [1.54, 1.807) is 66.7 Å². The summed E-state index contributed by atoms with van der Waals surface area (Å²) in [6.45, 7) is 1.42. The zero-order valence-corrected chi connectivity index (χ0v) is 18.8. The number of aromatic nitrogens is 2. The molecule has 0 saturated carbocycles. The van der Waals surface area contributed by atoms with Crippen LogP contribution in [0, 0.1) is 0 Å². The molecule has 0 fully saturated rings. The van der Waals surface area contributed by atoms with Gasteiger partial charge in [-0.15, -0.1) is 0 Å². The molecule has 1 amide bonds. The third-order valence-electron chi connectivity index (χ3n) is 4.84. The van der Waals surface area contributed by atoms with E-state index in [0.717, 1.165) is 4.68 Å². The van der Waals surface area contributed by atoms with Gasteiger partial charge in [0.25, 0.3) is 11.5 Å². The Morgan fingerprint density at radius 3 is 2.33 bits per heavy atom. The Labute approximate surface area is 198 Å². The standard InChI is InChI=1S/C24H17Cl2N3O4/c1-14(22(30)27-20-12-11-15(25)13-19(20)26)33-24(32)21-17-9-5-6-10-18(17)23(31)29(28-21)16-7-3-2-4-8-16/h2-14H,1H3,(H,27,30). The van der Waals surface area contributed by atoms with Gasteiger partial charge in [-0.2, -0.15) is 9.78 Å². The third-order valence-corrected chi connectivity index (χ3v) is 5.39. The number of benzene rings is 3. The number of para-hydroxylation sites is 1. The van der Waals surface area contributed by atoms with Gasteiger partial charge in [0.2, 0.25) is 0 Å². The molecule has 0 spiro atoms. The van der Waals surface area contributed by atoms with E-state index in [2.05, 4.69) is 10.4 Å². The summed E-state index contributed by atoms with van der Waals surface area (Å²) >= 11 is 12.0. The number of esters is 1. The summed E-state index contributed by atoms with van der Waals surface area (Å²) in [5, 5.41) is 8.14. The van der Waals surface area contributed by atoms with Gasteiger partial charge in [0.15, 0.2) is 11.8 Å². The normalized spacial score (nSPS) is 11.7. The molecule has 3 aromatic carbocycles. The number of ether oxygens (including phenoxy) is 1. The maximum Gasteiger partial charge on any atom is 0.360 e. The first-order chi connectivity index (χ1) is 15.8. The summed E-state index contributed by atoms with van der Waals surface area (Å²) < 4.78 is 6.51. The Morgan fingerprint density at radius 1 is 0.970 bits per heavy atom. The summed E-state index contributed by atoms with van der Waals surface area (Å²) in [5.41, 5.74) is 0.357. The number of carbonyl (C=O) groups is 2. The van der Waals surface area contributed by atoms with Crippen molar-refractivity contribution in [2.24, 2.45) is 0 Å². The lowest BCUT2D eigenvalue weighted by Gasteiger charge is -2.15. The highest BCUT2D eigenvalue weighted by Gasteiger charge is 2.24. The van der Waals surface area contributed by atoms with Crippen LogP contribution in [0.25, 0.3) is 16.5 Å². The van der Waals surface area contributed by atoms with E-state index in [1.165, 1.54) is 13.0 Å². The number of nitrogens with zero attached hydrogens (tertiary/aromatic N) is 2. The van der Waals surface area contributed by atoms with E-state index in [1.807, 2.05) is 0 Å². The van der Waals surface area contributed by atoms with Gasteiger partial charge in [-0.25, -0.2) is 4.79 Å². The van der Waals surface area contributed by atoms with Crippen molar-refractivity contribution in [3.8, 4) is 5.69 Å². The van der Waals surface area contributed by atoms with Crippen LogP contribution in [0.2, 0.25) is 10.0 Å². The summed E-state index contributed by atoms with van der Waals surface area (Å²) in [5.74, 6) is -1.44. The van der Waals surface area contributed by atoms with Crippen molar-refractivity contribution < 1.29 is 14.3 Å². The highest BCUT2D eigenvalue weighted by Crippen LogP contribution is 2.25. The Balaban J connectivity index is 1.64. The quantitative estimate of drug-likeness (QED) is 0.410. The summed E-state index contributed by atoms with van der Waals surface area (Å²) in [6, 6.07) is 19.9. The van der Waals surface area contributed by atoms with Gasteiger partial charge in [-0.05, 0) is 43.3 Å². The number of hydrogen-bond acceptors (Lipinski definition) is 5. The van der Waals surface area contributed by atoms with Crippen LogP contribution in [0.5, 0.6) is 0 Å². The molecule has 0 aliphatic carbocycles. The Hall–Kier alpha value is -3.68. The Bertz CT molecular complexity index is 1420. The molecule has 0 saturated heterocycles. The molecule has 0 radical (unpaired) electrons. The zero-order valence-electron chi connectivity index (χ0n) is 17.3. The molecule has 4 aromatic rings. The molecular weight excluding hydrogens is 465 g/mol. The van der Waals surface area contributed by atoms with Crippen molar-refractivity contribution in [1.82, 2.24) is 9.78 Å². The van der Waals surface area contributed by atoms with Crippen molar-refractivity contribution in [3.05, 3.63) is 98.9 Å². The first-order valence-electron chi connectivity index (χ1n) is 9.89. The number of anilines is 1. The number of halogens is 2. The molecule has 1 heterocycles. The Kier molecular flexibility index (Phi) is 6.44. The minimum atomic E-state index is -1.16. The van der Waals surface area contributed by atoms with Crippen molar-refractivity contribution in [2.75, 3.05) is 5.32 Å². The number of carbonyl (C=O) groups excluding carboxylic acids is 2. The van der Waals surface area contributed by atoms with E-state index in [9.17, 15) is 14.4 Å². The predicted octanol–water partition coefficient (Wildman–Crippen LogP) is 4.88. The van der Waals surface area contributed by atoms with Crippen LogP contribution in [-0.4, -0.2) is 27.8 Å². The second-order valence-electron chi connectivity index (χ2n) is 7.11. The molecule has 1 N–H and O–H groups in total. The van der Waals surface area contributed by atoms with Gasteiger partial charge in [0.1, 0.15) is 0 Å². The average molecular weight is 482 g/mol. The van der Waals surface area contributed by atoms with Crippen LogP contribution in [-0.2, 0) is 9.53 Å². The molecule has 33 heavy (non-hydrogen) atoms. The third kappa shape index (κ3) is 4.74. The number of rotatable bonds is 5. The molecule has 0 aliphatic heterocycles. The first kappa shape index (κ1) is 22.5. The van der Waals surface area contributed by atoms with Crippen molar-refractivity contribution in [2.45, 2.75) is 13.0 Å². The monoisotopic (exact) mass is 481 g/mol. The van der Waals surface area contributed by atoms with Gasteiger partial charge in [-0.1, -0.05) is 59.6 Å². The fourth-order valence-electron chi connectivity index (χ4n) is 3.18. The van der Waals surface area contributed by atoms with E-state index in [0.29, 0.717) is 27.2 Å². The predicted molar refractivity (Wildman–Crippen MR) is 127 cm³/mol. The lowest BCUT2D eigenvalue weighted by atomic mass is 10.1. The van der Waals surface area contributed by atoms with Gasteiger partial charge < -0.3 is 10.1 Å². The van der Waals surface area contributed by atoms with Gasteiger partial charge in [0.05, 0.1) is 21.8 Å². The molecule has 0 aliphatic rings. The fourth-order valence-corrected chi connectivity index (χ4v) is 3.64. The topological polar surface area (TPSA) is 90.3 Å². The number of nitrogens with one attached hydrogen (secondary N) is 1. The minimum Gasteiger partial charge on any atom is -0.448 e. The fraction of sp³-hybridized carbons (Fsp3) is 0.0833. The van der Waals surface area contributed by atoms with E-state index in [-0.39, 0.29) is 16.3 Å². The smallest absolute Gasteiger partial charge is 0.360 e. The summed E-state index contributed by atoms with van der Waals surface area (Å²) in [6.07, 6.45) is -1.16. The number of hydrogen-bond donors (Lipinski definition) is 1. The van der Waals surface area contributed by atoms with Crippen LogP contribution >= 0.6 is 23.2 Å². The van der Waals surface area contributed by atoms with Gasteiger partial charge in [0, 0.05) is 10.4 Å². The zero-order chi connectivity index (χ0) is 23.5. The maximum absolute atomic E-state index is 13.0. The Morgan fingerprint density at radius 2 is 1.64 bits per heavy atom. The highest BCUT2D eigenvalue weighted by molar-refractivity contribution is 6.36. The number of amides is 1. The lowest BCUT2D eigenvalue weighted by Crippen LogP contribution is -2.31. The van der Waals surface area contributed by atoms with Crippen LogP contribution in [0.15, 0.2) is 77.6 Å². The number of fused-ring (bicyclic) bond motifs is 1. The van der Waals surface area contributed by atoms with E-state index in [4.69, 9.17) is 27.9 Å². The largest absolute Gasteiger partial charge is 0.448 e. The molecule has 1 atom stereocenters. The maximum atomic E-state index is 13.0. The SMILES string of the molecule is CC(OC(=O)c1nn(-c2ccccc2)c(=O)c2ccccc12)C(=O)Nc1ccc(Cl)cc1Cl. The van der Waals surface area contributed by atoms with Crippen molar-refractivity contribution in [3.63, 3.8) is 0 Å². The average Bonchev–Trinajstić information content (AvgIpc) is 2.81. The van der Waals surface area contributed by atoms with Crippen LogP contribution in [0.3, 0.4) is 0 Å². The first-order valence-corrected chi connectivity index (χ1v) is 10.6. The lowest BCUT2D eigenvalue weighted by molar-refractivity contribution is -0.123.